The molecule has 3 aromatic rings. The van der Waals surface area contributed by atoms with E-state index >= 15 is 0 Å². The monoisotopic (exact) mass is 284 g/mol. The molecular weight excluding hydrogens is 267 g/mol. The van der Waals surface area contributed by atoms with E-state index in [2.05, 4.69) is 10.3 Å². The van der Waals surface area contributed by atoms with Crippen LogP contribution in [-0.2, 0) is 0 Å². The molecule has 2 heterocycles. The van der Waals surface area contributed by atoms with E-state index < -0.39 is 0 Å². The Bertz CT molecular complexity index is 766. The maximum Gasteiger partial charge on any atom is 0.134 e. The summed E-state index contributed by atoms with van der Waals surface area (Å²) in [7, 11) is 0. The Morgan fingerprint density at radius 2 is 2.10 bits per heavy atom. The zero-order valence-electron chi connectivity index (χ0n) is 12.1. The summed E-state index contributed by atoms with van der Waals surface area (Å²) in [4.78, 5) is 4.56. The number of nitrogens with one attached hydrogen (secondary N) is 1. The van der Waals surface area contributed by atoms with Gasteiger partial charge in [0.2, 0.25) is 0 Å². The Hall–Kier alpha value is -2.20. The predicted molar refractivity (Wildman–Crippen MR) is 80.7 cm³/mol. The molecule has 108 valence electrons. The molecule has 0 bridgehead atoms. The fourth-order valence-corrected chi connectivity index (χ4v) is 2.46. The predicted octanol–water partition coefficient (Wildman–Crippen LogP) is 3.97. The van der Waals surface area contributed by atoms with E-state index in [1.54, 1.807) is 6.07 Å². The molecule has 1 aromatic carbocycles. The van der Waals surface area contributed by atoms with Crippen LogP contribution in [0.5, 0.6) is 0 Å². The standard InChI is InChI=1S/C17H17FN2O/c1-3-19-17(14-6-4-5-11(2)20-14)16-10-12-9-13(18)7-8-15(12)21-16/h4-10,17,19H,3H2,1-2H3. The zero-order valence-corrected chi connectivity index (χ0v) is 12.1. The first-order chi connectivity index (χ1) is 10.2. The zero-order chi connectivity index (χ0) is 14.8. The van der Waals surface area contributed by atoms with Crippen molar-refractivity contribution in [3.8, 4) is 0 Å². The summed E-state index contributed by atoms with van der Waals surface area (Å²) in [5.74, 6) is 0.485. The minimum atomic E-state index is -0.261. The summed E-state index contributed by atoms with van der Waals surface area (Å²) in [5.41, 5.74) is 2.54. The Balaban J connectivity index is 2.06. The van der Waals surface area contributed by atoms with E-state index in [1.165, 1.54) is 12.1 Å². The van der Waals surface area contributed by atoms with Gasteiger partial charge in [-0.05, 0) is 49.9 Å². The van der Waals surface area contributed by atoms with Crippen molar-refractivity contribution in [2.45, 2.75) is 19.9 Å². The van der Waals surface area contributed by atoms with Crippen molar-refractivity contribution in [3.63, 3.8) is 0 Å². The fourth-order valence-electron chi connectivity index (χ4n) is 2.46. The van der Waals surface area contributed by atoms with Crippen LogP contribution in [0.4, 0.5) is 4.39 Å². The van der Waals surface area contributed by atoms with Crippen LogP contribution in [-0.4, -0.2) is 11.5 Å². The molecule has 3 rings (SSSR count). The van der Waals surface area contributed by atoms with Crippen molar-refractivity contribution in [2.75, 3.05) is 6.54 Å². The first-order valence-corrected chi connectivity index (χ1v) is 7.03. The molecule has 21 heavy (non-hydrogen) atoms. The Morgan fingerprint density at radius 1 is 1.24 bits per heavy atom. The van der Waals surface area contributed by atoms with Gasteiger partial charge >= 0.3 is 0 Å². The number of pyridine rings is 1. The second kappa shape index (κ2) is 5.66. The second-order valence-electron chi connectivity index (χ2n) is 5.03. The number of fused-ring (bicyclic) bond motifs is 1. The molecule has 4 heteroatoms. The van der Waals surface area contributed by atoms with Crippen LogP contribution < -0.4 is 5.32 Å². The van der Waals surface area contributed by atoms with Crippen LogP contribution >= 0.6 is 0 Å². The number of hydrogen-bond donors (Lipinski definition) is 1. The molecule has 0 spiro atoms. The molecule has 0 amide bonds. The largest absolute Gasteiger partial charge is 0.459 e. The van der Waals surface area contributed by atoms with Crippen LogP contribution in [0.1, 0.15) is 30.1 Å². The summed E-state index contributed by atoms with van der Waals surface area (Å²) >= 11 is 0. The third kappa shape index (κ3) is 2.81. The molecular formula is C17H17FN2O. The van der Waals surface area contributed by atoms with Crippen molar-refractivity contribution in [1.82, 2.24) is 10.3 Å². The number of halogens is 1. The lowest BCUT2D eigenvalue weighted by Gasteiger charge is -2.15. The number of hydrogen-bond acceptors (Lipinski definition) is 3. The molecule has 0 aliphatic heterocycles. The van der Waals surface area contributed by atoms with Gasteiger partial charge in [-0.3, -0.25) is 4.98 Å². The lowest BCUT2D eigenvalue weighted by molar-refractivity contribution is 0.470. The average Bonchev–Trinajstić information content (AvgIpc) is 2.87. The van der Waals surface area contributed by atoms with Gasteiger partial charge in [-0.15, -0.1) is 0 Å². The molecule has 0 aliphatic rings. The van der Waals surface area contributed by atoms with E-state index in [1.807, 2.05) is 38.1 Å². The quantitative estimate of drug-likeness (QED) is 0.787. The minimum Gasteiger partial charge on any atom is -0.459 e. The number of nitrogens with zero attached hydrogens (tertiary/aromatic N) is 1. The van der Waals surface area contributed by atoms with E-state index in [4.69, 9.17) is 4.42 Å². The second-order valence-corrected chi connectivity index (χ2v) is 5.03. The molecule has 0 saturated carbocycles. The summed E-state index contributed by atoms with van der Waals surface area (Å²) in [6.07, 6.45) is 0. The van der Waals surface area contributed by atoms with Gasteiger partial charge in [0.1, 0.15) is 23.2 Å². The SMILES string of the molecule is CCNC(c1cccc(C)n1)c1cc2cc(F)ccc2o1. The highest BCUT2D eigenvalue weighted by Gasteiger charge is 2.19. The Morgan fingerprint density at radius 3 is 2.86 bits per heavy atom. The third-order valence-corrected chi connectivity index (χ3v) is 3.40. The van der Waals surface area contributed by atoms with Crippen LogP contribution in [0.3, 0.4) is 0 Å². The highest BCUT2D eigenvalue weighted by atomic mass is 19.1. The van der Waals surface area contributed by atoms with Gasteiger partial charge in [-0.25, -0.2) is 4.39 Å². The van der Waals surface area contributed by atoms with Crippen LogP contribution in [0, 0.1) is 12.7 Å². The average molecular weight is 284 g/mol. The molecule has 1 unspecified atom stereocenters. The third-order valence-electron chi connectivity index (χ3n) is 3.40. The van der Waals surface area contributed by atoms with E-state index in [0.29, 0.717) is 5.58 Å². The highest BCUT2D eigenvalue weighted by Crippen LogP contribution is 2.28. The maximum atomic E-state index is 13.3. The normalized spacial score (nSPS) is 12.7. The molecule has 0 saturated heterocycles. The van der Waals surface area contributed by atoms with Gasteiger partial charge in [0.25, 0.3) is 0 Å². The number of aryl methyl sites for hydroxylation is 1. The van der Waals surface area contributed by atoms with E-state index in [9.17, 15) is 4.39 Å². The highest BCUT2D eigenvalue weighted by molar-refractivity contribution is 5.78. The van der Waals surface area contributed by atoms with Gasteiger partial charge in [0.05, 0.1) is 5.69 Å². The van der Waals surface area contributed by atoms with Crippen molar-refractivity contribution < 1.29 is 8.81 Å². The lowest BCUT2D eigenvalue weighted by Crippen LogP contribution is -2.22. The number of rotatable bonds is 4. The number of aromatic nitrogens is 1. The van der Waals surface area contributed by atoms with E-state index in [0.717, 1.165) is 29.1 Å². The summed E-state index contributed by atoms with van der Waals surface area (Å²) in [6, 6.07) is 12.2. The smallest absolute Gasteiger partial charge is 0.134 e. The minimum absolute atomic E-state index is 0.134. The van der Waals surface area contributed by atoms with Gasteiger partial charge in [-0.2, -0.15) is 0 Å². The molecule has 0 radical (unpaired) electrons. The number of furan rings is 1. The molecule has 3 nitrogen and oxygen atoms in total. The topological polar surface area (TPSA) is 38.1 Å². The van der Waals surface area contributed by atoms with Crippen LogP contribution in [0.2, 0.25) is 0 Å². The molecule has 1 atom stereocenters. The van der Waals surface area contributed by atoms with E-state index in [-0.39, 0.29) is 11.9 Å². The maximum absolute atomic E-state index is 13.3. The molecule has 1 N–H and O–H groups in total. The number of benzene rings is 1. The van der Waals surface area contributed by atoms with Gasteiger partial charge in [0, 0.05) is 11.1 Å². The van der Waals surface area contributed by atoms with Crippen molar-refractivity contribution in [3.05, 3.63) is 65.4 Å². The Labute approximate surface area is 122 Å². The first kappa shape index (κ1) is 13.8. The summed E-state index contributed by atoms with van der Waals surface area (Å²) in [6.45, 7) is 4.78. The van der Waals surface area contributed by atoms with Crippen molar-refractivity contribution in [2.24, 2.45) is 0 Å². The molecule has 0 fully saturated rings. The Kier molecular flexibility index (Phi) is 3.71. The molecule has 0 aliphatic carbocycles. The fraction of sp³-hybridized carbons (Fsp3) is 0.235. The van der Waals surface area contributed by atoms with Crippen LogP contribution in [0.15, 0.2) is 46.9 Å². The van der Waals surface area contributed by atoms with Crippen molar-refractivity contribution >= 4 is 11.0 Å². The summed E-state index contributed by atoms with van der Waals surface area (Å²) < 4.78 is 19.2. The van der Waals surface area contributed by atoms with Crippen LogP contribution in [0.25, 0.3) is 11.0 Å². The van der Waals surface area contributed by atoms with Crippen molar-refractivity contribution in [1.29, 1.82) is 0 Å². The molecule has 2 aromatic heterocycles. The first-order valence-electron chi connectivity index (χ1n) is 7.03. The van der Waals surface area contributed by atoms with Gasteiger partial charge in [-0.1, -0.05) is 13.0 Å². The summed E-state index contributed by atoms with van der Waals surface area (Å²) in [5, 5.41) is 4.13. The lowest BCUT2D eigenvalue weighted by atomic mass is 10.1. The van der Waals surface area contributed by atoms with Gasteiger partial charge < -0.3 is 9.73 Å². The van der Waals surface area contributed by atoms with Gasteiger partial charge in [0.15, 0.2) is 0 Å².